The Morgan fingerprint density at radius 3 is 2.90 bits per heavy atom. The van der Waals surface area contributed by atoms with E-state index >= 15 is 0 Å². The topological polar surface area (TPSA) is 125 Å². The zero-order valence-electron chi connectivity index (χ0n) is 11.0. The summed E-state index contributed by atoms with van der Waals surface area (Å²) < 4.78 is 5.30. The van der Waals surface area contributed by atoms with E-state index in [4.69, 9.17) is 15.1 Å². The maximum atomic E-state index is 11.0. The average molecular weight is 291 g/mol. The molecule has 21 heavy (non-hydrogen) atoms. The number of nitrogens with one attached hydrogen (secondary N) is 1. The van der Waals surface area contributed by atoms with E-state index in [-0.39, 0.29) is 29.6 Å². The molecule has 2 N–H and O–H groups in total. The SMILES string of the molecule is N#Cc1cccc(NCC2CCC(C(=O)O)O2)c1[N+](=O)[O-]. The Labute approximate surface area is 120 Å². The first kappa shape index (κ1) is 14.7. The summed E-state index contributed by atoms with van der Waals surface area (Å²) in [4.78, 5) is 21.2. The molecule has 110 valence electrons. The molecule has 0 aliphatic carbocycles. The van der Waals surface area contributed by atoms with Gasteiger partial charge in [-0.15, -0.1) is 0 Å². The highest BCUT2D eigenvalue weighted by atomic mass is 16.6. The van der Waals surface area contributed by atoms with Crippen molar-refractivity contribution in [3.63, 3.8) is 0 Å². The van der Waals surface area contributed by atoms with Gasteiger partial charge in [0, 0.05) is 6.54 Å². The van der Waals surface area contributed by atoms with E-state index in [1.807, 2.05) is 0 Å². The van der Waals surface area contributed by atoms with Crippen LogP contribution < -0.4 is 5.32 Å². The minimum Gasteiger partial charge on any atom is -0.479 e. The van der Waals surface area contributed by atoms with Crippen molar-refractivity contribution in [3.05, 3.63) is 33.9 Å². The number of anilines is 1. The van der Waals surface area contributed by atoms with Crippen molar-refractivity contribution in [2.24, 2.45) is 0 Å². The molecule has 1 saturated heterocycles. The molecular formula is C13H13N3O5. The van der Waals surface area contributed by atoms with Crippen molar-refractivity contribution in [2.45, 2.75) is 25.0 Å². The number of carboxylic acids is 1. The van der Waals surface area contributed by atoms with Crippen LogP contribution in [-0.2, 0) is 9.53 Å². The van der Waals surface area contributed by atoms with Crippen LogP contribution in [0.15, 0.2) is 18.2 Å². The van der Waals surface area contributed by atoms with E-state index in [2.05, 4.69) is 5.32 Å². The molecule has 0 aromatic heterocycles. The molecule has 0 radical (unpaired) electrons. The van der Waals surface area contributed by atoms with Gasteiger partial charge in [0.15, 0.2) is 6.10 Å². The number of para-hydroxylation sites is 1. The summed E-state index contributed by atoms with van der Waals surface area (Å²) in [6.07, 6.45) is -0.161. The molecule has 0 amide bonds. The lowest BCUT2D eigenvalue weighted by molar-refractivity contribution is -0.384. The van der Waals surface area contributed by atoms with Crippen LogP contribution in [0.2, 0.25) is 0 Å². The van der Waals surface area contributed by atoms with E-state index in [0.29, 0.717) is 12.8 Å². The lowest BCUT2D eigenvalue weighted by Gasteiger charge is -2.13. The predicted octanol–water partition coefficient (Wildman–Crippen LogP) is 1.51. The lowest BCUT2D eigenvalue weighted by atomic mass is 10.1. The first-order valence-electron chi connectivity index (χ1n) is 6.32. The number of nitro benzene ring substituents is 1. The number of benzene rings is 1. The quantitative estimate of drug-likeness (QED) is 0.622. The number of carboxylic acid groups (broad SMARTS) is 1. The number of hydrogen-bond donors (Lipinski definition) is 2. The maximum Gasteiger partial charge on any atom is 0.332 e. The van der Waals surface area contributed by atoms with Crippen LogP contribution in [0.3, 0.4) is 0 Å². The fraction of sp³-hybridized carbons (Fsp3) is 0.385. The molecule has 1 fully saturated rings. The summed E-state index contributed by atoms with van der Waals surface area (Å²) in [5.74, 6) is -1.00. The highest BCUT2D eigenvalue weighted by Crippen LogP contribution is 2.29. The van der Waals surface area contributed by atoms with E-state index in [9.17, 15) is 14.9 Å². The Morgan fingerprint density at radius 1 is 1.57 bits per heavy atom. The third kappa shape index (κ3) is 3.27. The van der Waals surface area contributed by atoms with E-state index in [1.54, 1.807) is 12.1 Å². The van der Waals surface area contributed by atoms with Crippen LogP contribution in [0.25, 0.3) is 0 Å². The van der Waals surface area contributed by atoms with Gasteiger partial charge in [-0.2, -0.15) is 5.26 Å². The van der Waals surface area contributed by atoms with Crippen molar-refractivity contribution in [1.82, 2.24) is 0 Å². The molecule has 8 nitrogen and oxygen atoms in total. The Hall–Kier alpha value is -2.66. The highest BCUT2D eigenvalue weighted by Gasteiger charge is 2.30. The van der Waals surface area contributed by atoms with Crippen LogP contribution in [0.4, 0.5) is 11.4 Å². The van der Waals surface area contributed by atoms with Gasteiger partial charge in [-0.3, -0.25) is 10.1 Å². The summed E-state index contributed by atoms with van der Waals surface area (Å²) >= 11 is 0. The van der Waals surface area contributed by atoms with Gasteiger partial charge >= 0.3 is 11.7 Å². The molecule has 1 aromatic carbocycles. The predicted molar refractivity (Wildman–Crippen MR) is 71.8 cm³/mol. The van der Waals surface area contributed by atoms with Crippen molar-refractivity contribution >= 4 is 17.3 Å². The molecule has 1 aliphatic rings. The second kappa shape index (κ2) is 6.19. The first-order valence-corrected chi connectivity index (χ1v) is 6.32. The fourth-order valence-corrected chi connectivity index (χ4v) is 2.23. The van der Waals surface area contributed by atoms with Crippen LogP contribution >= 0.6 is 0 Å². The van der Waals surface area contributed by atoms with Gasteiger partial charge in [-0.1, -0.05) is 6.07 Å². The molecule has 1 heterocycles. The Kier molecular flexibility index (Phi) is 4.35. The number of nitro groups is 1. The fourth-order valence-electron chi connectivity index (χ4n) is 2.23. The molecule has 2 rings (SSSR count). The monoisotopic (exact) mass is 291 g/mol. The summed E-state index contributed by atoms with van der Waals surface area (Å²) in [7, 11) is 0. The summed E-state index contributed by atoms with van der Waals surface area (Å²) in [5.41, 5.74) is -0.0880. The zero-order valence-corrected chi connectivity index (χ0v) is 11.0. The molecule has 8 heteroatoms. The second-order valence-electron chi connectivity index (χ2n) is 4.61. The molecule has 0 saturated carbocycles. The Balaban J connectivity index is 2.06. The Bertz CT molecular complexity index is 610. The van der Waals surface area contributed by atoms with E-state index in [1.165, 1.54) is 12.1 Å². The molecule has 1 aliphatic heterocycles. The minimum absolute atomic E-state index is 0.0271. The molecule has 0 spiro atoms. The third-order valence-corrected chi connectivity index (χ3v) is 3.24. The van der Waals surface area contributed by atoms with Crippen LogP contribution in [0.1, 0.15) is 18.4 Å². The number of rotatable bonds is 5. The van der Waals surface area contributed by atoms with Gasteiger partial charge in [0.25, 0.3) is 0 Å². The second-order valence-corrected chi connectivity index (χ2v) is 4.61. The summed E-state index contributed by atoms with van der Waals surface area (Å²) in [6.45, 7) is 0.250. The molecule has 1 aromatic rings. The number of carbonyl (C=O) groups is 1. The molecule has 2 unspecified atom stereocenters. The number of nitrogens with zero attached hydrogens (tertiary/aromatic N) is 2. The van der Waals surface area contributed by atoms with Crippen molar-refractivity contribution in [3.8, 4) is 6.07 Å². The third-order valence-electron chi connectivity index (χ3n) is 3.24. The maximum absolute atomic E-state index is 11.0. The number of ether oxygens (including phenoxy) is 1. The van der Waals surface area contributed by atoms with E-state index < -0.39 is 17.0 Å². The number of nitriles is 1. The average Bonchev–Trinajstić information content (AvgIpc) is 2.93. The molecule has 0 bridgehead atoms. The van der Waals surface area contributed by atoms with Gasteiger partial charge in [0.2, 0.25) is 0 Å². The van der Waals surface area contributed by atoms with Gasteiger partial charge < -0.3 is 15.2 Å². The zero-order chi connectivity index (χ0) is 15.4. The number of aliphatic carboxylic acids is 1. The number of hydrogen-bond acceptors (Lipinski definition) is 6. The smallest absolute Gasteiger partial charge is 0.332 e. The molecular weight excluding hydrogens is 278 g/mol. The van der Waals surface area contributed by atoms with Gasteiger partial charge in [-0.25, -0.2) is 4.79 Å². The van der Waals surface area contributed by atoms with Gasteiger partial charge in [0.05, 0.1) is 11.0 Å². The van der Waals surface area contributed by atoms with Crippen LogP contribution in [0.5, 0.6) is 0 Å². The summed E-state index contributed by atoms with van der Waals surface area (Å²) in [6, 6.07) is 6.20. The standard InChI is InChI=1S/C13H13N3O5/c14-6-8-2-1-3-10(12(8)16(19)20)15-7-9-4-5-11(21-9)13(17)18/h1-3,9,11,15H,4-5,7H2,(H,17,18). The van der Waals surface area contributed by atoms with Gasteiger partial charge in [0.1, 0.15) is 17.3 Å². The Morgan fingerprint density at radius 2 is 2.33 bits per heavy atom. The van der Waals surface area contributed by atoms with E-state index in [0.717, 1.165) is 0 Å². The summed E-state index contributed by atoms with van der Waals surface area (Å²) in [5, 5.41) is 31.6. The normalized spacial score (nSPS) is 20.7. The van der Waals surface area contributed by atoms with Crippen molar-refractivity contribution < 1.29 is 19.6 Å². The van der Waals surface area contributed by atoms with Gasteiger partial charge in [-0.05, 0) is 25.0 Å². The van der Waals surface area contributed by atoms with Crippen molar-refractivity contribution in [1.29, 1.82) is 5.26 Å². The van der Waals surface area contributed by atoms with Crippen LogP contribution in [0, 0.1) is 21.4 Å². The van der Waals surface area contributed by atoms with Crippen LogP contribution in [-0.4, -0.2) is 34.8 Å². The van der Waals surface area contributed by atoms with Crippen molar-refractivity contribution in [2.75, 3.05) is 11.9 Å². The first-order chi connectivity index (χ1) is 10.0. The lowest BCUT2D eigenvalue weighted by Crippen LogP contribution is -2.24. The molecule has 2 atom stereocenters. The largest absolute Gasteiger partial charge is 0.479 e. The minimum atomic E-state index is -1.00. The highest BCUT2D eigenvalue weighted by molar-refractivity contribution is 5.72.